The number of ether oxygens (including phenoxy) is 1. The lowest BCUT2D eigenvalue weighted by molar-refractivity contribution is 0.448. The van der Waals surface area contributed by atoms with Gasteiger partial charge in [-0.05, 0) is 37.7 Å². The maximum atomic E-state index is 14.1. The highest BCUT2D eigenvalue weighted by molar-refractivity contribution is 6.42. The molecule has 0 heterocycles. The van der Waals surface area contributed by atoms with Crippen molar-refractivity contribution in [2.45, 2.75) is 19.9 Å². The molecule has 0 aromatic heterocycles. The van der Waals surface area contributed by atoms with Gasteiger partial charge in [0.25, 0.3) is 0 Å². The Labute approximate surface area is 133 Å². The Morgan fingerprint density at radius 3 is 2.52 bits per heavy atom. The van der Waals surface area contributed by atoms with E-state index in [2.05, 4.69) is 5.32 Å². The SMILES string of the molecule is CCNC(C)c1c(F)cccc1Oc1cccc(Cl)c1Cl. The smallest absolute Gasteiger partial charge is 0.147 e. The van der Waals surface area contributed by atoms with Gasteiger partial charge in [-0.1, -0.05) is 42.3 Å². The molecule has 0 aliphatic rings. The minimum atomic E-state index is -0.320. The van der Waals surface area contributed by atoms with E-state index in [1.54, 1.807) is 30.3 Å². The van der Waals surface area contributed by atoms with Gasteiger partial charge in [-0.3, -0.25) is 0 Å². The van der Waals surface area contributed by atoms with Crippen LogP contribution in [0.25, 0.3) is 0 Å². The Kier molecular flexibility index (Phi) is 5.45. The van der Waals surface area contributed by atoms with Gasteiger partial charge in [-0.2, -0.15) is 0 Å². The number of nitrogens with one attached hydrogen (secondary N) is 1. The van der Waals surface area contributed by atoms with Crippen molar-refractivity contribution in [3.8, 4) is 11.5 Å². The normalized spacial score (nSPS) is 12.2. The summed E-state index contributed by atoms with van der Waals surface area (Å²) in [7, 11) is 0. The van der Waals surface area contributed by atoms with Crippen molar-refractivity contribution in [2.75, 3.05) is 6.54 Å². The quantitative estimate of drug-likeness (QED) is 0.772. The summed E-state index contributed by atoms with van der Waals surface area (Å²) in [5.74, 6) is 0.506. The fourth-order valence-corrected chi connectivity index (χ4v) is 2.45. The summed E-state index contributed by atoms with van der Waals surface area (Å²) in [6.07, 6.45) is 0. The van der Waals surface area contributed by atoms with Crippen molar-refractivity contribution in [2.24, 2.45) is 0 Å². The van der Waals surface area contributed by atoms with Crippen LogP contribution in [0.1, 0.15) is 25.5 Å². The highest BCUT2D eigenvalue weighted by atomic mass is 35.5. The van der Waals surface area contributed by atoms with E-state index in [1.807, 2.05) is 13.8 Å². The van der Waals surface area contributed by atoms with Gasteiger partial charge in [0, 0.05) is 11.6 Å². The largest absolute Gasteiger partial charge is 0.455 e. The number of halogens is 3. The lowest BCUT2D eigenvalue weighted by Crippen LogP contribution is -2.19. The standard InChI is InChI=1S/C16H16Cl2FNO/c1-3-20-10(2)15-12(19)7-5-8-13(15)21-14-9-4-6-11(17)16(14)18/h4-10,20H,3H2,1-2H3. The monoisotopic (exact) mass is 327 g/mol. The molecule has 0 amide bonds. The molecular weight excluding hydrogens is 312 g/mol. The highest BCUT2D eigenvalue weighted by Crippen LogP contribution is 2.37. The molecule has 2 aromatic rings. The zero-order valence-corrected chi connectivity index (χ0v) is 13.3. The van der Waals surface area contributed by atoms with E-state index >= 15 is 0 Å². The maximum absolute atomic E-state index is 14.1. The van der Waals surface area contributed by atoms with Crippen molar-refractivity contribution < 1.29 is 9.13 Å². The molecule has 2 aromatic carbocycles. The van der Waals surface area contributed by atoms with Crippen LogP contribution < -0.4 is 10.1 Å². The fraction of sp³-hybridized carbons (Fsp3) is 0.250. The molecule has 5 heteroatoms. The molecule has 2 rings (SSSR count). The molecule has 1 atom stereocenters. The van der Waals surface area contributed by atoms with E-state index in [9.17, 15) is 4.39 Å². The zero-order valence-electron chi connectivity index (χ0n) is 11.8. The molecule has 0 saturated carbocycles. The summed E-state index contributed by atoms with van der Waals surface area (Å²) in [5.41, 5.74) is 0.468. The van der Waals surface area contributed by atoms with Gasteiger partial charge < -0.3 is 10.1 Å². The van der Waals surface area contributed by atoms with Crippen LogP contribution in [0.5, 0.6) is 11.5 Å². The maximum Gasteiger partial charge on any atom is 0.147 e. The lowest BCUT2D eigenvalue weighted by atomic mass is 10.1. The second-order valence-corrected chi connectivity index (χ2v) is 5.37. The van der Waals surface area contributed by atoms with Gasteiger partial charge in [0.05, 0.1) is 5.02 Å². The summed E-state index contributed by atoms with van der Waals surface area (Å²) in [6, 6.07) is 9.65. The Morgan fingerprint density at radius 2 is 1.81 bits per heavy atom. The Hall–Kier alpha value is -1.29. The Balaban J connectivity index is 2.40. The molecule has 0 radical (unpaired) electrons. The van der Waals surface area contributed by atoms with E-state index in [4.69, 9.17) is 27.9 Å². The van der Waals surface area contributed by atoms with Crippen molar-refractivity contribution >= 4 is 23.2 Å². The summed E-state index contributed by atoms with van der Waals surface area (Å²) < 4.78 is 19.9. The van der Waals surface area contributed by atoms with Gasteiger partial charge in [-0.15, -0.1) is 0 Å². The number of hydrogen-bond acceptors (Lipinski definition) is 2. The Morgan fingerprint density at radius 1 is 1.14 bits per heavy atom. The van der Waals surface area contributed by atoms with Crippen LogP contribution in [0.3, 0.4) is 0 Å². The van der Waals surface area contributed by atoms with Crippen LogP contribution in [0.4, 0.5) is 4.39 Å². The fourth-order valence-electron chi connectivity index (χ4n) is 2.12. The minimum Gasteiger partial charge on any atom is -0.455 e. The van der Waals surface area contributed by atoms with E-state index in [0.29, 0.717) is 27.1 Å². The third-order valence-corrected chi connectivity index (χ3v) is 3.89. The summed E-state index contributed by atoms with van der Waals surface area (Å²) in [6.45, 7) is 4.58. The number of hydrogen-bond donors (Lipinski definition) is 1. The van der Waals surface area contributed by atoms with Crippen molar-refractivity contribution in [1.29, 1.82) is 0 Å². The molecule has 0 aliphatic heterocycles. The summed E-state index contributed by atoms with van der Waals surface area (Å²) in [5, 5.41) is 3.88. The van der Waals surface area contributed by atoms with Gasteiger partial charge >= 0.3 is 0 Å². The zero-order chi connectivity index (χ0) is 15.4. The molecule has 0 spiro atoms. The topological polar surface area (TPSA) is 21.3 Å². The first-order valence-corrected chi connectivity index (χ1v) is 7.43. The molecule has 112 valence electrons. The first-order valence-electron chi connectivity index (χ1n) is 6.68. The van der Waals surface area contributed by atoms with E-state index in [-0.39, 0.29) is 11.9 Å². The molecule has 0 fully saturated rings. The molecule has 0 bridgehead atoms. The molecule has 1 N–H and O–H groups in total. The van der Waals surface area contributed by atoms with Crippen LogP contribution >= 0.6 is 23.2 Å². The van der Waals surface area contributed by atoms with E-state index in [0.717, 1.165) is 6.54 Å². The van der Waals surface area contributed by atoms with E-state index < -0.39 is 0 Å². The van der Waals surface area contributed by atoms with Gasteiger partial charge in [0.2, 0.25) is 0 Å². The number of benzene rings is 2. The Bertz CT molecular complexity index is 634. The predicted molar refractivity (Wildman–Crippen MR) is 85.0 cm³/mol. The molecule has 0 aliphatic carbocycles. The molecule has 2 nitrogen and oxygen atoms in total. The van der Waals surface area contributed by atoms with Crippen LogP contribution in [0.2, 0.25) is 10.0 Å². The van der Waals surface area contributed by atoms with Gasteiger partial charge in [-0.25, -0.2) is 4.39 Å². The van der Waals surface area contributed by atoms with Gasteiger partial charge in [0.15, 0.2) is 0 Å². The van der Waals surface area contributed by atoms with E-state index in [1.165, 1.54) is 6.07 Å². The molecular formula is C16H16Cl2FNO. The highest BCUT2D eigenvalue weighted by Gasteiger charge is 2.17. The van der Waals surface area contributed by atoms with Crippen molar-refractivity contribution in [3.63, 3.8) is 0 Å². The average Bonchev–Trinajstić information content (AvgIpc) is 2.44. The average molecular weight is 328 g/mol. The predicted octanol–water partition coefficient (Wildman–Crippen LogP) is 5.60. The van der Waals surface area contributed by atoms with Crippen LogP contribution in [-0.2, 0) is 0 Å². The van der Waals surface area contributed by atoms with Gasteiger partial charge in [0.1, 0.15) is 22.3 Å². The first kappa shape index (κ1) is 16.1. The molecule has 0 saturated heterocycles. The molecule has 1 unspecified atom stereocenters. The lowest BCUT2D eigenvalue weighted by Gasteiger charge is -2.18. The second-order valence-electron chi connectivity index (χ2n) is 4.59. The third-order valence-electron chi connectivity index (χ3n) is 3.09. The third kappa shape index (κ3) is 3.67. The summed E-state index contributed by atoms with van der Waals surface area (Å²) >= 11 is 12.1. The molecule has 21 heavy (non-hydrogen) atoms. The number of rotatable bonds is 5. The van der Waals surface area contributed by atoms with Crippen LogP contribution in [0.15, 0.2) is 36.4 Å². The van der Waals surface area contributed by atoms with Crippen molar-refractivity contribution in [1.82, 2.24) is 5.32 Å². The van der Waals surface area contributed by atoms with Crippen LogP contribution in [0, 0.1) is 5.82 Å². The minimum absolute atomic E-state index is 0.177. The van der Waals surface area contributed by atoms with Crippen LogP contribution in [-0.4, -0.2) is 6.54 Å². The second kappa shape index (κ2) is 7.12. The first-order chi connectivity index (χ1) is 10.0. The summed E-state index contributed by atoms with van der Waals surface area (Å²) in [4.78, 5) is 0. The van der Waals surface area contributed by atoms with Crippen molar-refractivity contribution in [3.05, 3.63) is 57.8 Å².